The third-order valence-electron chi connectivity index (χ3n) is 4.24. The second-order valence-corrected chi connectivity index (χ2v) is 7.37. The summed E-state index contributed by atoms with van der Waals surface area (Å²) in [5.74, 6) is -0.405. The number of anilines is 1. The number of nitro benzene ring substituents is 1. The van der Waals surface area contributed by atoms with Crippen LogP contribution in [0.4, 0.5) is 15.8 Å². The quantitative estimate of drug-likeness (QED) is 0.199. The van der Waals surface area contributed by atoms with Crippen molar-refractivity contribution in [3.63, 3.8) is 0 Å². The van der Waals surface area contributed by atoms with Gasteiger partial charge in [-0.1, -0.05) is 18.2 Å². The Bertz CT molecular complexity index is 1240. The van der Waals surface area contributed by atoms with E-state index < -0.39 is 16.6 Å². The summed E-state index contributed by atoms with van der Waals surface area (Å²) in [6.45, 7) is -0.262. The summed E-state index contributed by atoms with van der Waals surface area (Å²) in [5, 5.41) is 23.1. The Balaban J connectivity index is 1.69. The molecule has 0 spiro atoms. The molecule has 0 saturated heterocycles. The van der Waals surface area contributed by atoms with E-state index in [2.05, 4.69) is 21.2 Å². The first-order valence-electron chi connectivity index (χ1n) is 9.20. The number of carbonyl (C=O) groups excluding carboxylic acids is 1. The van der Waals surface area contributed by atoms with Gasteiger partial charge in [0, 0.05) is 17.8 Å². The molecule has 7 nitrogen and oxygen atoms in total. The third-order valence-corrected chi connectivity index (χ3v) is 4.86. The van der Waals surface area contributed by atoms with E-state index in [-0.39, 0.29) is 17.9 Å². The zero-order chi connectivity index (χ0) is 23.1. The molecule has 0 unspecified atom stereocenters. The van der Waals surface area contributed by atoms with Gasteiger partial charge in [-0.15, -0.1) is 0 Å². The molecule has 9 heteroatoms. The average Bonchev–Trinajstić information content (AvgIpc) is 2.78. The van der Waals surface area contributed by atoms with Crippen molar-refractivity contribution in [3.8, 4) is 11.8 Å². The molecule has 32 heavy (non-hydrogen) atoms. The van der Waals surface area contributed by atoms with Crippen molar-refractivity contribution in [2.24, 2.45) is 0 Å². The molecule has 0 saturated carbocycles. The van der Waals surface area contributed by atoms with E-state index in [4.69, 9.17) is 4.74 Å². The fourth-order valence-corrected chi connectivity index (χ4v) is 3.24. The van der Waals surface area contributed by atoms with Crippen molar-refractivity contribution < 1.29 is 18.8 Å². The predicted molar refractivity (Wildman–Crippen MR) is 121 cm³/mol. The van der Waals surface area contributed by atoms with Crippen molar-refractivity contribution in [1.29, 1.82) is 5.26 Å². The molecule has 0 bridgehead atoms. The van der Waals surface area contributed by atoms with Gasteiger partial charge < -0.3 is 10.1 Å². The number of nitrogens with zero attached hydrogens (tertiary/aromatic N) is 2. The first-order valence-corrected chi connectivity index (χ1v) is 9.99. The Morgan fingerprint density at radius 1 is 1.19 bits per heavy atom. The maximum atomic E-state index is 12.9. The fourth-order valence-electron chi connectivity index (χ4n) is 2.73. The highest BCUT2D eigenvalue weighted by Crippen LogP contribution is 2.28. The van der Waals surface area contributed by atoms with Gasteiger partial charge in [0.1, 0.15) is 11.6 Å². The molecule has 0 fully saturated rings. The van der Waals surface area contributed by atoms with E-state index in [9.17, 15) is 24.6 Å². The minimum absolute atomic E-state index is 0.104. The summed E-state index contributed by atoms with van der Waals surface area (Å²) in [6, 6.07) is 18.2. The van der Waals surface area contributed by atoms with Crippen LogP contribution >= 0.6 is 15.9 Å². The van der Waals surface area contributed by atoms with Crippen LogP contribution in [0, 0.1) is 27.3 Å². The van der Waals surface area contributed by atoms with Gasteiger partial charge in [-0.2, -0.15) is 5.26 Å². The number of carbonyl (C=O) groups is 1. The van der Waals surface area contributed by atoms with Crippen molar-refractivity contribution in [1.82, 2.24) is 0 Å². The Morgan fingerprint density at radius 3 is 2.59 bits per heavy atom. The molecular formula is C23H15BrFN3O4. The fraction of sp³-hybridized carbons (Fsp3) is 0.0435. The summed E-state index contributed by atoms with van der Waals surface area (Å²) in [5.41, 5.74) is 1.68. The van der Waals surface area contributed by atoms with Crippen LogP contribution in [0.15, 0.2) is 71.2 Å². The number of nitrogens with one attached hydrogen (secondary N) is 1. The van der Waals surface area contributed by atoms with E-state index in [1.54, 1.807) is 30.3 Å². The van der Waals surface area contributed by atoms with Gasteiger partial charge in [-0.3, -0.25) is 14.9 Å². The standard InChI is InChI=1S/C23H15BrFN3O4/c24-21-11-15(10-17(13-26)16-2-1-3-20(12-16)28(30)31)4-9-22(21)32-14-23(29)27-19-7-5-18(25)6-8-19/h1-12H,14H2,(H,27,29)/b17-10-. The summed E-state index contributed by atoms with van der Waals surface area (Å²) in [4.78, 5) is 22.5. The van der Waals surface area contributed by atoms with Crippen molar-refractivity contribution in [3.05, 3.63) is 98.3 Å². The SMILES string of the molecule is N#C/C(=C/c1ccc(OCC(=O)Nc2ccc(F)cc2)c(Br)c1)c1cccc([N+](=O)[O-])c1. The van der Waals surface area contributed by atoms with Gasteiger partial charge >= 0.3 is 0 Å². The topological polar surface area (TPSA) is 105 Å². The average molecular weight is 496 g/mol. The van der Waals surface area contributed by atoms with Gasteiger partial charge in [0.25, 0.3) is 11.6 Å². The highest BCUT2D eigenvalue weighted by atomic mass is 79.9. The number of benzene rings is 3. The molecular weight excluding hydrogens is 481 g/mol. The van der Waals surface area contributed by atoms with Crippen LogP contribution in [0.25, 0.3) is 11.6 Å². The molecule has 3 aromatic rings. The molecule has 0 atom stereocenters. The lowest BCUT2D eigenvalue weighted by atomic mass is 10.0. The maximum absolute atomic E-state index is 12.9. The Hall–Kier alpha value is -4.03. The van der Waals surface area contributed by atoms with E-state index >= 15 is 0 Å². The van der Waals surface area contributed by atoms with E-state index in [0.29, 0.717) is 27.0 Å². The van der Waals surface area contributed by atoms with Crippen LogP contribution in [0.5, 0.6) is 5.75 Å². The van der Waals surface area contributed by atoms with Crippen LogP contribution in [-0.2, 0) is 4.79 Å². The number of nitro groups is 1. The van der Waals surface area contributed by atoms with Crippen molar-refractivity contribution in [2.45, 2.75) is 0 Å². The molecule has 0 aliphatic rings. The molecule has 160 valence electrons. The van der Waals surface area contributed by atoms with E-state index in [1.807, 2.05) is 6.07 Å². The second-order valence-electron chi connectivity index (χ2n) is 6.51. The molecule has 1 amide bonds. The lowest BCUT2D eigenvalue weighted by molar-refractivity contribution is -0.384. The molecule has 0 radical (unpaired) electrons. The van der Waals surface area contributed by atoms with Crippen LogP contribution in [0.3, 0.4) is 0 Å². The molecule has 0 aliphatic carbocycles. The smallest absolute Gasteiger partial charge is 0.270 e. The molecule has 0 aromatic heterocycles. The highest BCUT2D eigenvalue weighted by Gasteiger charge is 2.10. The monoisotopic (exact) mass is 495 g/mol. The number of allylic oxidation sites excluding steroid dienone is 1. The first kappa shape index (κ1) is 22.7. The van der Waals surface area contributed by atoms with Gasteiger partial charge in [0.2, 0.25) is 0 Å². The normalized spacial score (nSPS) is 10.8. The highest BCUT2D eigenvalue weighted by molar-refractivity contribution is 9.10. The Kier molecular flexibility index (Phi) is 7.31. The molecule has 0 heterocycles. The van der Waals surface area contributed by atoms with Gasteiger partial charge in [0.05, 0.1) is 21.0 Å². The predicted octanol–water partition coefficient (Wildman–Crippen LogP) is 5.58. The maximum Gasteiger partial charge on any atom is 0.270 e. The number of amides is 1. The van der Waals surface area contributed by atoms with Crippen molar-refractivity contribution >= 4 is 44.9 Å². The minimum atomic E-state index is -0.520. The summed E-state index contributed by atoms with van der Waals surface area (Å²) >= 11 is 3.37. The number of halogens is 2. The number of ether oxygens (including phenoxy) is 1. The van der Waals surface area contributed by atoms with Gasteiger partial charge in [0.15, 0.2) is 6.61 Å². The van der Waals surface area contributed by atoms with Crippen LogP contribution in [0.1, 0.15) is 11.1 Å². The number of hydrogen-bond acceptors (Lipinski definition) is 5. The summed E-state index contributed by atoms with van der Waals surface area (Å²) in [6.07, 6.45) is 1.59. The van der Waals surface area contributed by atoms with Crippen LogP contribution in [0.2, 0.25) is 0 Å². The van der Waals surface area contributed by atoms with Crippen LogP contribution in [-0.4, -0.2) is 17.4 Å². The third kappa shape index (κ3) is 6.00. The molecule has 3 aromatic carbocycles. The van der Waals surface area contributed by atoms with E-state index in [1.165, 1.54) is 42.5 Å². The zero-order valence-corrected chi connectivity index (χ0v) is 18.0. The van der Waals surface area contributed by atoms with Gasteiger partial charge in [-0.25, -0.2) is 4.39 Å². The first-order chi connectivity index (χ1) is 15.4. The van der Waals surface area contributed by atoms with Gasteiger partial charge in [-0.05, 0) is 69.5 Å². The van der Waals surface area contributed by atoms with E-state index in [0.717, 1.165) is 0 Å². The number of nitriles is 1. The lowest BCUT2D eigenvalue weighted by Crippen LogP contribution is -2.20. The Morgan fingerprint density at radius 2 is 1.94 bits per heavy atom. The number of hydrogen-bond donors (Lipinski definition) is 1. The largest absolute Gasteiger partial charge is 0.483 e. The number of non-ortho nitro benzene ring substituents is 1. The Labute approximate surface area is 191 Å². The summed E-state index contributed by atoms with van der Waals surface area (Å²) < 4.78 is 19.0. The van der Waals surface area contributed by atoms with Crippen LogP contribution < -0.4 is 10.1 Å². The van der Waals surface area contributed by atoms with Crippen molar-refractivity contribution in [2.75, 3.05) is 11.9 Å². The zero-order valence-electron chi connectivity index (χ0n) is 16.4. The number of rotatable bonds is 7. The second kappa shape index (κ2) is 10.3. The molecule has 1 N–H and O–H groups in total. The molecule has 3 rings (SSSR count). The summed E-state index contributed by atoms with van der Waals surface area (Å²) in [7, 11) is 0. The minimum Gasteiger partial charge on any atom is -0.483 e. The lowest BCUT2D eigenvalue weighted by Gasteiger charge is -2.10. The molecule has 0 aliphatic heterocycles.